The minimum atomic E-state index is -1.49. The second-order valence-electron chi connectivity index (χ2n) is 6.58. The first-order valence-corrected chi connectivity index (χ1v) is 10.9. The quantitative estimate of drug-likeness (QED) is 0.248. The average Bonchev–Trinajstić information content (AvgIpc) is 2.76. The Morgan fingerprint density at radius 2 is 1.47 bits per heavy atom. The molecule has 0 aliphatic heterocycles. The number of carboxylic acid groups (broad SMARTS) is 1. The van der Waals surface area contributed by atoms with Crippen LogP contribution in [-0.2, 0) is 0 Å². The topological polar surface area (TPSA) is 75.6 Å². The predicted octanol–water partition coefficient (Wildman–Crippen LogP) is 8.04. The van der Waals surface area contributed by atoms with E-state index in [9.17, 15) is 14.7 Å². The number of rotatable bonds is 6. The van der Waals surface area contributed by atoms with E-state index in [1.54, 1.807) is 12.1 Å². The standard InChI is InChI=1S/C22H14Cl5NO4/c1-10(11-5-3-2-4-6-11)32-14-8-7-12(9-13(14)23)28-21(29)15-16(22(30)31)18(25)20(27)19(26)17(15)24/h2-10H,1H3,(H,28,29)(H,30,31). The third-order valence-electron chi connectivity index (χ3n) is 4.47. The summed E-state index contributed by atoms with van der Waals surface area (Å²) >= 11 is 30.3. The van der Waals surface area contributed by atoms with Crippen molar-refractivity contribution in [2.24, 2.45) is 0 Å². The monoisotopic (exact) mass is 531 g/mol. The molecule has 2 N–H and O–H groups in total. The highest BCUT2D eigenvalue weighted by atomic mass is 35.5. The molecule has 3 aromatic rings. The maximum atomic E-state index is 12.8. The summed E-state index contributed by atoms with van der Waals surface area (Å²) in [6.45, 7) is 1.88. The fraction of sp³-hybridized carbons (Fsp3) is 0.0909. The Hall–Kier alpha value is -2.15. The number of hydrogen-bond donors (Lipinski definition) is 2. The lowest BCUT2D eigenvalue weighted by atomic mass is 10.1. The van der Waals surface area contributed by atoms with Crippen LogP contribution < -0.4 is 10.1 Å². The molecule has 32 heavy (non-hydrogen) atoms. The molecule has 0 saturated heterocycles. The van der Waals surface area contributed by atoms with Crippen molar-refractivity contribution in [2.45, 2.75) is 13.0 Å². The van der Waals surface area contributed by atoms with E-state index in [1.807, 2.05) is 37.3 Å². The highest BCUT2D eigenvalue weighted by molar-refractivity contribution is 6.54. The van der Waals surface area contributed by atoms with E-state index in [0.29, 0.717) is 5.75 Å². The van der Waals surface area contributed by atoms with Crippen molar-refractivity contribution in [2.75, 3.05) is 5.32 Å². The van der Waals surface area contributed by atoms with Gasteiger partial charge in [-0.2, -0.15) is 0 Å². The molecule has 0 aliphatic rings. The van der Waals surface area contributed by atoms with Gasteiger partial charge in [0.25, 0.3) is 5.91 Å². The lowest BCUT2D eigenvalue weighted by molar-refractivity contribution is 0.0692. The molecule has 0 saturated carbocycles. The summed E-state index contributed by atoms with van der Waals surface area (Å²) in [5.74, 6) is -1.93. The van der Waals surface area contributed by atoms with Crippen molar-refractivity contribution in [1.82, 2.24) is 0 Å². The number of halogens is 5. The van der Waals surface area contributed by atoms with E-state index < -0.39 is 28.0 Å². The van der Waals surface area contributed by atoms with E-state index in [-0.39, 0.29) is 31.9 Å². The smallest absolute Gasteiger partial charge is 0.338 e. The third-order valence-corrected chi connectivity index (χ3v) is 6.57. The van der Waals surface area contributed by atoms with Gasteiger partial charge in [-0.25, -0.2) is 4.79 Å². The van der Waals surface area contributed by atoms with E-state index in [1.165, 1.54) is 6.07 Å². The van der Waals surface area contributed by atoms with Crippen LogP contribution in [0.25, 0.3) is 0 Å². The number of benzene rings is 3. The van der Waals surface area contributed by atoms with Gasteiger partial charge in [-0.05, 0) is 30.7 Å². The van der Waals surface area contributed by atoms with Crippen LogP contribution in [0.5, 0.6) is 5.75 Å². The van der Waals surface area contributed by atoms with Gasteiger partial charge >= 0.3 is 5.97 Å². The number of carboxylic acids is 1. The summed E-state index contributed by atoms with van der Waals surface area (Å²) in [7, 11) is 0. The second kappa shape index (κ2) is 10.2. The van der Waals surface area contributed by atoms with E-state index in [2.05, 4.69) is 5.32 Å². The summed E-state index contributed by atoms with van der Waals surface area (Å²) < 4.78 is 5.90. The zero-order chi connectivity index (χ0) is 23.6. The Labute approximate surface area is 208 Å². The minimum absolute atomic E-state index is 0.231. The van der Waals surface area contributed by atoms with Gasteiger partial charge < -0.3 is 15.2 Å². The number of hydrogen-bond acceptors (Lipinski definition) is 3. The number of carbonyl (C=O) groups excluding carboxylic acids is 1. The minimum Gasteiger partial charge on any atom is -0.484 e. The molecule has 3 aromatic carbocycles. The van der Waals surface area contributed by atoms with Gasteiger partial charge in [0, 0.05) is 5.69 Å². The molecule has 166 valence electrons. The first-order chi connectivity index (χ1) is 15.1. The van der Waals surface area contributed by atoms with Crippen molar-refractivity contribution in [3.63, 3.8) is 0 Å². The van der Waals surface area contributed by atoms with Crippen LogP contribution in [-0.4, -0.2) is 17.0 Å². The van der Waals surface area contributed by atoms with Crippen LogP contribution in [0.2, 0.25) is 25.1 Å². The molecule has 3 rings (SSSR count). The number of amides is 1. The Kier molecular flexibility index (Phi) is 7.80. The Morgan fingerprint density at radius 1 is 0.875 bits per heavy atom. The number of aromatic carboxylic acids is 1. The van der Waals surface area contributed by atoms with Gasteiger partial charge in [-0.15, -0.1) is 0 Å². The van der Waals surface area contributed by atoms with Gasteiger partial charge in [0.2, 0.25) is 0 Å². The lowest BCUT2D eigenvalue weighted by Gasteiger charge is -2.17. The number of carbonyl (C=O) groups is 2. The highest BCUT2D eigenvalue weighted by Crippen LogP contribution is 2.42. The van der Waals surface area contributed by atoms with E-state index in [0.717, 1.165) is 5.56 Å². The molecular formula is C22H14Cl5NO4. The first-order valence-electron chi connectivity index (χ1n) is 9.03. The Bertz CT molecular complexity index is 1200. The summed E-state index contributed by atoms with van der Waals surface area (Å²) in [5, 5.41) is 11.1. The second-order valence-corrected chi connectivity index (χ2v) is 8.50. The first kappa shape index (κ1) is 24.5. The van der Waals surface area contributed by atoms with Crippen molar-refractivity contribution >= 4 is 75.6 Å². The zero-order valence-electron chi connectivity index (χ0n) is 16.3. The lowest BCUT2D eigenvalue weighted by Crippen LogP contribution is -2.18. The molecule has 0 aromatic heterocycles. The van der Waals surface area contributed by atoms with Crippen molar-refractivity contribution < 1.29 is 19.4 Å². The van der Waals surface area contributed by atoms with Crippen LogP contribution in [0.15, 0.2) is 48.5 Å². The van der Waals surface area contributed by atoms with Crippen LogP contribution >= 0.6 is 58.0 Å². The summed E-state index contributed by atoms with van der Waals surface area (Å²) in [5.41, 5.74) is 0.251. The average molecular weight is 534 g/mol. The summed E-state index contributed by atoms with van der Waals surface area (Å²) in [6, 6.07) is 14.2. The number of nitrogens with one attached hydrogen (secondary N) is 1. The number of anilines is 1. The normalized spacial score (nSPS) is 11.7. The largest absolute Gasteiger partial charge is 0.484 e. The van der Waals surface area contributed by atoms with Crippen molar-refractivity contribution in [1.29, 1.82) is 0 Å². The maximum absolute atomic E-state index is 12.8. The predicted molar refractivity (Wildman–Crippen MR) is 128 cm³/mol. The summed E-state index contributed by atoms with van der Waals surface area (Å²) in [6.07, 6.45) is -0.260. The van der Waals surface area contributed by atoms with Gasteiger partial charge in [-0.3, -0.25) is 4.79 Å². The number of ether oxygens (including phenoxy) is 1. The van der Waals surface area contributed by atoms with Crippen LogP contribution in [0.3, 0.4) is 0 Å². The SMILES string of the molecule is CC(Oc1ccc(NC(=O)c2c(Cl)c(Cl)c(Cl)c(Cl)c2C(=O)O)cc1Cl)c1ccccc1. The van der Waals surface area contributed by atoms with Crippen LogP contribution in [0.4, 0.5) is 5.69 Å². The van der Waals surface area contributed by atoms with Gasteiger partial charge in [0.05, 0.1) is 36.2 Å². The Morgan fingerprint density at radius 3 is 2.03 bits per heavy atom. The van der Waals surface area contributed by atoms with Crippen molar-refractivity contribution in [3.8, 4) is 5.75 Å². The highest BCUT2D eigenvalue weighted by Gasteiger charge is 2.29. The molecule has 5 nitrogen and oxygen atoms in total. The van der Waals surface area contributed by atoms with Gasteiger partial charge in [0.1, 0.15) is 11.9 Å². The molecule has 0 aliphatic carbocycles. The maximum Gasteiger partial charge on any atom is 0.338 e. The fourth-order valence-corrected chi connectivity index (χ4v) is 4.14. The molecule has 1 amide bonds. The summed E-state index contributed by atoms with van der Waals surface area (Å²) in [4.78, 5) is 24.5. The zero-order valence-corrected chi connectivity index (χ0v) is 20.0. The molecule has 0 fully saturated rings. The van der Waals surface area contributed by atoms with E-state index in [4.69, 9.17) is 62.7 Å². The molecular weight excluding hydrogens is 520 g/mol. The Balaban J connectivity index is 1.87. The molecule has 0 bridgehead atoms. The molecule has 1 unspecified atom stereocenters. The molecule has 0 heterocycles. The van der Waals surface area contributed by atoms with Gasteiger partial charge in [-0.1, -0.05) is 88.3 Å². The molecule has 0 spiro atoms. The van der Waals surface area contributed by atoms with Crippen molar-refractivity contribution in [3.05, 3.63) is 90.3 Å². The van der Waals surface area contributed by atoms with Crippen LogP contribution in [0.1, 0.15) is 39.3 Å². The molecule has 0 radical (unpaired) electrons. The fourth-order valence-electron chi connectivity index (χ4n) is 2.90. The molecule has 1 atom stereocenters. The third kappa shape index (κ3) is 5.08. The van der Waals surface area contributed by atoms with Crippen LogP contribution in [0, 0.1) is 0 Å². The van der Waals surface area contributed by atoms with E-state index >= 15 is 0 Å². The molecule has 10 heteroatoms. The van der Waals surface area contributed by atoms with Gasteiger partial charge in [0.15, 0.2) is 0 Å².